The molecule has 1 fully saturated rings. The second-order valence-corrected chi connectivity index (χ2v) is 6.22. The second kappa shape index (κ2) is 6.20. The molecule has 0 radical (unpaired) electrons. The van der Waals surface area contributed by atoms with E-state index >= 15 is 0 Å². The molecule has 0 aliphatic carbocycles. The van der Waals surface area contributed by atoms with E-state index in [-0.39, 0.29) is 10.9 Å². The van der Waals surface area contributed by atoms with Gasteiger partial charge in [-0.25, -0.2) is 0 Å². The number of halogens is 1. The summed E-state index contributed by atoms with van der Waals surface area (Å²) in [5, 5.41) is 2.95. The number of nitrogens with two attached hydrogens (primary N) is 1. The molecule has 0 bridgehead atoms. The van der Waals surface area contributed by atoms with Gasteiger partial charge in [-0.15, -0.1) is 0 Å². The highest BCUT2D eigenvalue weighted by atomic mass is 79.9. The van der Waals surface area contributed by atoms with Crippen molar-refractivity contribution in [3.63, 3.8) is 0 Å². The zero-order chi connectivity index (χ0) is 14.8. The van der Waals surface area contributed by atoms with Crippen LogP contribution in [0.3, 0.4) is 0 Å². The van der Waals surface area contributed by atoms with Gasteiger partial charge in [-0.1, -0.05) is 34.2 Å². The quantitative estimate of drug-likeness (QED) is 0.817. The fraction of sp³-hybridized carbons (Fsp3) is 0.429. The van der Waals surface area contributed by atoms with E-state index < -0.39 is 5.41 Å². The fourth-order valence-corrected chi connectivity index (χ4v) is 2.95. The number of ether oxygens (including phenoxy) is 1. The Labute approximate surface area is 132 Å². The molecule has 0 atom stereocenters. The minimum atomic E-state index is -0.803. The lowest BCUT2D eigenvalue weighted by molar-refractivity contribution is -0.126. The number of carbonyl (C=O) groups excluding carboxylic acids is 1. The van der Waals surface area contributed by atoms with Gasteiger partial charge in [0.05, 0.1) is 4.99 Å². The Morgan fingerprint density at radius 1 is 1.45 bits per heavy atom. The highest BCUT2D eigenvalue weighted by molar-refractivity contribution is 9.10. The zero-order valence-corrected chi connectivity index (χ0v) is 13.6. The summed E-state index contributed by atoms with van der Waals surface area (Å²) in [5.74, 6) is -0.144. The number of benzene rings is 1. The molecule has 2 rings (SSSR count). The molecule has 0 unspecified atom stereocenters. The van der Waals surface area contributed by atoms with Gasteiger partial charge in [-0.05, 0) is 37.5 Å². The summed E-state index contributed by atoms with van der Waals surface area (Å²) >= 11 is 8.58. The maximum absolute atomic E-state index is 12.6. The molecular formula is C14H17BrN2O2S. The van der Waals surface area contributed by atoms with Crippen LogP contribution < -0.4 is 11.1 Å². The summed E-state index contributed by atoms with van der Waals surface area (Å²) in [6.45, 7) is 2.95. The Morgan fingerprint density at radius 2 is 2.10 bits per heavy atom. The molecule has 1 aromatic rings. The number of carbonyl (C=O) groups is 1. The van der Waals surface area contributed by atoms with E-state index in [1.165, 1.54) is 0 Å². The number of amides is 1. The third kappa shape index (κ3) is 2.87. The van der Waals surface area contributed by atoms with Crippen LogP contribution in [0.4, 0.5) is 5.69 Å². The Hall–Kier alpha value is -0.980. The van der Waals surface area contributed by atoms with E-state index in [9.17, 15) is 4.79 Å². The first-order chi connectivity index (χ1) is 9.47. The molecule has 1 heterocycles. The van der Waals surface area contributed by atoms with E-state index in [2.05, 4.69) is 21.2 Å². The molecular weight excluding hydrogens is 340 g/mol. The molecule has 20 heavy (non-hydrogen) atoms. The van der Waals surface area contributed by atoms with Crippen LogP contribution in [-0.4, -0.2) is 24.1 Å². The summed E-state index contributed by atoms with van der Waals surface area (Å²) < 4.78 is 6.27. The van der Waals surface area contributed by atoms with Gasteiger partial charge in [0.1, 0.15) is 5.41 Å². The first kappa shape index (κ1) is 15.4. The normalized spacial score (nSPS) is 17.5. The molecule has 6 heteroatoms. The minimum Gasteiger partial charge on any atom is -0.392 e. The van der Waals surface area contributed by atoms with Gasteiger partial charge in [-0.2, -0.15) is 0 Å². The molecule has 1 saturated heterocycles. The van der Waals surface area contributed by atoms with Gasteiger partial charge in [0.15, 0.2) is 0 Å². The lowest BCUT2D eigenvalue weighted by atomic mass is 9.79. The van der Waals surface area contributed by atoms with E-state index in [4.69, 9.17) is 22.7 Å². The topological polar surface area (TPSA) is 64.4 Å². The van der Waals surface area contributed by atoms with Crippen molar-refractivity contribution in [1.29, 1.82) is 0 Å². The van der Waals surface area contributed by atoms with Crippen LogP contribution in [0.1, 0.15) is 18.4 Å². The molecule has 1 aromatic carbocycles. The number of nitrogens with one attached hydrogen (secondary N) is 1. The largest absolute Gasteiger partial charge is 0.392 e. The van der Waals surface area contributed by atoms with Crippen LogP contribution in [0.5, 0.6) is 0 Å². The van der Waals surface area contributed by atoms with E-state index in [1.54, 1.807) is 0 Å². The van der Waals surface area contributed by atoms with E-state index in [1.807, 2.05) is 25.1 Å². The Bertz CT molecular complexity index is 542. The van der Waals surface area contributed by atoms with Crippen LogP contribution >= 0.6 is 28.1 Å². The van der Waals surface area contributed by atoms with Gasteiger partial charge in [-0.3, -0.25) is 4.79 Å². The number of anilines is 1. The Kier molecular flexibility index (Phi) is 4.78. The second-order valence-electron chi connectivity index (χ2n) is 4.93. The lowest BCUT2D eigenvalue weighted by Crippen LogP contribution is -2.49. The summed E-state index contributed by atoms with van der Waals surface area (Å²) in [5.41, 5.74) is 6.77. The minimum absolute atomic E-state index is 0.144. The summed E-state index contributed by atoms with van der Waals surface area (Å²) in [6, 6.07) is 5.68. The van der Waals surface area contributed by atoms with Gasteiger partial charge < -0.3 is 15.8 Å². The van der Waals surface area contributed by atoms with Crippen LogP contribution in [-0.2, 0) is 9.53 Å². The first-order valence-electron chi connectivity index (χ1n) is 6.41. The fourth-order valence-electron chi connectivity index (χ4n) is 2.29. The van der Waals surface area contributed by atoms with Crippen molar-refractivity contribution in [2.45, 2.75) is 19.8 Å². The predicted octanol–water partition coefficient (Wildman–Crippen LogP) is 2.78. The van der Waals surface area contributed by atoms with E-state index in [0.717, 1.165) is 15.7 Å². The molecule has 0 spiro atoms. The monoisotopic (exact) mass is 356 g/mol. The smallest absolute Gasteiger partial charge is 0.237 e. The highest BCUT2D eigenvalue weighted by Crippen LogP contribution is 2.33. The molecule has 1 aliphatic rings. The first-order valence-corrected chi connectivity index (χ1v) is 7.62. The van der Waals surface area contributed by atoms with Crippen molar-refractivity contribution in [1.82, 2.24) is 0 Å². The summed E-state index contributed by atoms with van der Waals surface area (Å²) in [6.07, 6.45) is 1.06. The average Bonchev–Trinajstić information content (AvgIpc) is 2.44. The van der Waals surface area contributed by atoms with Gasteiger partial charge in [0.2, 0.25) is 5.91 Å². The van der Waals surface area contributed by atoms with Crippen molar-refractivity contribution in [2.24, 2.45) is 11.1 Å². The Morgan fingerprint density at radius 3 is 2.70 bits per heavy atom. The maximum atomic E-state index is 12.6. The maximum Gasteiger partial charge on any atom is 0.237 e. The predicted molar refractivity (Wildman–Crippen MR) is 86.8 cm³/mol. The molecule has 1 aliphatic heterocycles. The van der Waals surface area contributed by atoms with Gasteiger partial charge >= 0.3 is 0 Å². The molecule has 3 N–H and O–H groups in total. The third-order valence-electron chi connectivity index (χ3n) is 3.77. The van der Waals surface area contributed by atoms with Crippen molar-refractivity contribution in [3.05, 3.63) is 28.2 Å². The SMILES string of the molecule is Cc1c(Br)cccc1NC(=O)C1(C(N)=S)CCOCC1. The number of rotatable bonds is 3. The van der Waals surface area contributed by atoms with E-state index in [0.29, 0.717) is 26.1 Å². The lowest BCUT2D eigenvalue weighted by Gasteiger charge is -2.34. The van der Waals surface area contributed by atoms with Crippen LogP contribution in [0.15, 0.2) is 22.7 Å². The standard InChI is InChI=1S/C14H17BrN2O2S/c1-9-10(15)3-2-4-11(9)17-13(18)14(12(16)20)5-7-19-8-6-14/h2-4H,5-8H2,1H3,(H2,16,20)(H,17,18). The van der Waals surface area contributed by atoms with Crippen LogP contribution in [0, 0.1) is 12.3 Å². The van der Waals surface area contributed by atoms with Gasteiger partial charge in [0.25, 0.3) is 0 Å². The number of hydrogen-bond donors (Lipinski definition) is 2. The van der Waals surface area contributed by atoms with Crippen molar-refractivity contribution >= 4 is 44.7 Å². The van der Waals surface area contributed by atoms with Crippen molar-refractivity contribution in [2.75, 3.05) is 18.5 Å². The number of hydrogen-bond acceptors (Lipinski definition) is 3. The third-order valence-corrected chi connectivity index (χ3v) is 5.02. The van der Waals surface area contributed by atoms with Crippen LogP contribution in [0.2, 0.25) is 0 Å². The summed E-state index contributed by atoms with van der Waals surface area (Å²) in [7, 11) is 0. The number of thiocarbonyl (C=S) groups is 1. The average molecular weight is 357 g/mol. The molecule has 1 amide bonds. The summed E-state index contributed by atoms with van der Waals surface area (Å²) in [4.78, 5) is 12.9. The Balaban J connectivity index is 2.25. The van der Waals surface area contributed by atoms with Crippen LogP contribution in [0.25, 0.3) is 0 Å². The molecule has 0 aromatic heterocycles. The van der Waals surface area contributed by atoms with Crippen molar-refractivity contribution in [3.8, 4) is 0 Å². The van der Waals surface area contributed by atoms with Crippen molar-refractivity contribution < 1.29 is 9.53 Å². The van der Waals surface area contributed by atoms with Gasteiger partial charge in [0, 0.05) is 23.4 Å². The molecule has 4 nitrogen and oxygen atoms in total. The zero-order valence-electron chi connectivity index (χ0n) is 11.2. The highest BCUT2D eigenvalue weighted by Gasteiger charge is 2.43. The molecule has 108 valence electrons. The molecule has 0 saturated carbocycles.